The van der Waals surface area contributed by atoms with Gasteiger partial charge >= 0.3 is 6.03 Å². The van der Waals surface area contributed by atoms with E-state index in [0.717, 1.165) is 10.5 Å². The summed E-state index contributed by atoms with van der Waals surface area (Å²) in [6.45, 7) is 1.73. The first-order valence-corrected chi connectivity index (χ1v) is 11.3. The van der Waals surface area contributed by atoms with Gasteiger partial charge < -0.3 is 14.7 Å². The largest absolute Gasteiger partial charge is 0.360 e. The predicted molar refractivity (Wildman–Crippen MR) is 120 cm³/mol. The zero-order valence-electron chi connectivity index (χ0n) is 17.7. The molecule has 2 saturated heterocycles. The van der Waals surface area contributed by atoms with Gasteiger partial charge in [0.15, 0.2) is 5.82 Å². The average molecular weight is 479 g/mol. The highest BCUT2D eigenvalue weighted by Gasteiger charge is 2.51. The Morgan fingerprint density at radius 1 is 1.25 bits per heavy atom. The van der Waals surface area contributed by atoms with Crippen molar-refractivity contribution in [2.75, 3.05) is 25.2 Å². The van der Waals surface area contributed by atoms with E-state index in [-0.39, 0.29) is 29.8 Å². The van der Waals surface area contributed by atoms with Crippen molar-refractivity contribution in [3.8, 4) is 0 Å². The second-order valence-corrected chi connectivity index (χ2v) is 9.25. The maximum atomic E-state index is 13.0. The van der Waals surface area contributed by atoms with Gasteiger partial charge in [-0.2, -0.15) is 0 Å². The van der Waals surface area contributed by atoms with E-state index >= 15 is 0 Å². The lowest BCUT2D eigenvalue weighted by Gasteiger charge is -2.50. The molecule has 12 heteroatoms. The van der Waals surface area contributed by atoms with Crippen molar-refractivity contribution >= 4 is 47.0 Å². The highest BCUT2D eigenvalue weighted by Crippen LogP contribution is 2.34. The molecule has 2 aliphatic heterocycles. The Bertz CT molecular complexity index is 1030. The van der Waals surface area contributed by atoms with Crippen molar-refractivity contribution in [2.45, 2.75) is 24.6 Å². The summed E-state index contributed by atoms with van der Waals surface area (Å²) in [5.41, 5.74) is 0.896. The van der Waals surface area contributed by atoms with Crippen LogP contribution in [0.5, 0.6) is 0 Å². The first kappa shape index (κ1) is 22.6. The molecule has 0 spiro atoms. The number of carbonyl (C=O) groups excluding carboxylic acids is 3. The average Bonchev–Trinajstić information content (AvgIpc) is 3.19. The molecule has 2 fully saturated rings. The van der Waals surface area contributed by atoms with Crippen molar-refractivity contribution in [3.63, 3.8) is 0 Å². The van der Waals surface area contributed by atoms with Gasteiger partial charge in [-0.05, 0) is 24.6 Å². The number of amides is 4. The minimum absolute atomic E-state index is 0.0782. The summed E-state index contributed by atoms with van der Waals surface area (Å²) in [5, 5.41) is 13.4. The fourth-order valence-electron chi connectivity index (χ4n) is 3.82. The van der Waals surface area contributed by atoms with Crippen molar-refractivity contribution in [2.24, 2.45) is 5.92 Å². The van der Waals surface area contributed by atoms with Gasteiger partial charge in [0.25, 0.3) is 0 Å². The van der Waals surface area contributed by atoms with Gasteiger partial charge in [-0.15, -0.1) is 11.8 Å². The quantitative estimate of drug-likeness (QED) is 0.596. The fourth-order valence-corrected chi connectivity index (χ4v) is 5.05. The van der Waals surface area contributed by atoms with E-state index in [0.29, 0.717) is 16.6 Å². The SMILES string of the molecule is Cc1cc(NC(=O)CSC2NC(c3ccc(Cl)cc3)NC3C2C(=O)N(C)C(=O)N3C)no1. The van der Waals surface area contributed by atoms with Crippen LogP contribution in [0.3, 0.4) is 0 Å². The van der Waals surface area contributed by atoms with E-state index in [4.69, 9.17) is 16.1 Å². The minimum atomic E-state index is -0.585. The number of benzene rings is 1. The third-order valence-corrected chi connectivity index (χ3v) is 6.92. The van der Waals surface area contributed by atoms with E-state index < -0.39 is 17.5 Å². The molecule has 2 aromatic rings. The Labute approximate surface area is 194 Å². The second kappa shape index (κ2) is 9.10. The Balaban J connectivity index is 1.53. The summed E-state index contributed by atoms with van der Waals surface area (Å²) in [5.74, 6) is -0.165. The highest BCUT2D eigenvalue weighted by atomic mass is 35.5. The number of imide groups is 1. The summed E-state index contributed by atoms with van der Waals surface area (Å²) >= 11 is 7.31. The van der Waals surface area contributed by atoms with E-state index in [1.54, 1.807) is 32.2 Å². The molecular weight excluding hydrogens is 456 g/mol. The Morgan fingerprint density at radius 3 is 2.62 bits per heavy atom. The number of hydrogen-bond donors (Lipinski definition) is 3. The smallest absolute Gasteiger partial charge is 0.327 e. The highest BCUT2D eigenvalue weighted by molar-refractivity contribution is 8.00. The summed E-state index contributed by atoms with van der Waals surface area (Å²) in [7, 11) is 3.12. The van der Waals surface area contributed by atoms with E-state index in [1.807, 2.05) is 12.1 Å². The maximum absolute atomic E-state index is 13.0. The molecule has 4 amide bonds. The second-order valence-electron chi connectivity index (χ2n) is 7.68. The number of nitrogens with one attached hydrogen (secondary N) is 3. The number of hydrogen-bond acceptors (Lipinski definition) is 8. The molecule has 1 aromatic heterocycles. The molecule has 0 aliphatic carbocycles. The summed E-state index contributed by atoms with van der Waals surface area (Å²) in [4.78, 5) is 40.6. The third kappa shape index (κ3) is 4.46. The molecule has 10 nitrogen and oxygen atoms in total. The van der Waals surface area contributed by atoms with Crippen LogP contribution in [0.25, 0.3) is 0 Å². The van der Waals surface area contributed by atoms with Crippen LogP contribution < -0.4 is 16.0 Å². The Morgan fingerprint density at radius 2 is 1.97 bits per heavy atom. The predicted octanol–water partition coefficient (Wildman–Crippen LogP) is 1.99. The topological polar surface area (TPSA) is 120 Å². The van der Waals surface area contributed by atoms with Crippen molar-refractivity contribution in [3.05, 3.63) is 46.7 Å². The van der Waals surface area contributed by atoms with Crippen LogP contribution in [0.2, 0.25) is 5.02 Å². The first-order valence-electron chi connectivity index (χ1n) is 9.91. The number of fused-ring (bicyclic) bond motifs is 1. The number of rotatable bonds is 5. The van der Waals surface area contributed by atoms with Crippen LogP contribution >= 0.6 is 23.4 Å². The van der Waals surface area contributed by atoms with E-state index in [1.165, 1.54) is 23.7 Å². The summed E-state index contributed by atoms with van der Waals surface area (Å²) in [6.07, 6.45) is -0.884. The fraction of sp³-hybridized carbons (Fsp3) is 0.400. The molecule has 2 aliphatic rings. The number of anilines is 1. The van der Waals surface area contributed by atoms with Crippen LogP contribution in [-0.2, 0) is 9.59 Å². The van der Waals surface area contributed by atoms with E-state index in [9.17, 15) is 14.4 Å². The number of aromatic nitrogens is 1. The number of nitrogens with zero attached hydrogens (tertiary/aromatic N) is 3. The molecule has 4 rings (SSSR count). The molecule has 0 radical (unpaired) electrons. The lowest BCUT2D eigenvalue weighted by atomic mass is 9.96. The van der Waals surface area contributed by atoms with Gasteiger partial charge in [0.05, 0.1) is 29.4 Å². The van der Waals surface area contributed by atoms with Crippen LogP contribution in [0, 0.1) is 12.8 Å². The van der Waals surface area contributed by atoms with Crippen LogP contribution in [0.1, 0.15) is 17.5 Å². The molecule has 3 heterocycles. The Kier molecular flexibility index (Phi) is 6.42. The van der Waals surface area contributed by atoms with Gasteiger partial charge in [-0.1, -0.05) is 28.9 Å². The van der Waals surface area contributed by atoms with Gasteiger partial charge in [-0.25, -0.2) is 4.79 Å². The molecule has 170 valence electrons. The third-order valence-electron chi connectivity index (χ3n) is 5.45. The normalized spacial score (nSPS) is 25.6. The molecular formula is C20H23ClN6O4S. The number of aryl methyl sites for hydroxylation is 1. The van der Waals surface area contributed by atoms with Crippen molar-refractivity contribution in [1.82, 2.24) is 25.6 Å². The van der Waals surface area contributed by atoms with Crippen molar-refractivity contribution in [1.29, 1.82) is 0 Å². The number of halogens is 1. The van der Waals surface area contributed by atoms with Crippen molar-refractivity contribution < 1.29 is 18.9 Å². The summed E-state index contributed by atoms with van der Waals surface area (Å²) < 4.78 is 4.96. The molecule has 4 unspecified atom stereocenters. The van der Waals surface area contributed by atoms with E-state index in [2.05, 4.69) is 21.1 Å². The van der Waals surface area contributed by atoms with Gasteiger partial charge in [0.2, 0.25) is 11.8 Å². The monoisotopic (exact) mass is 478 g/mol. The molecule has 4 atom stereocenters. The number of thioether (sulfide) groups is 1. The zero-order chi connectivity index (χ0) is 23.0. The first-order chi connectivity index (χ1) is 15.2. The standard InChI is InChI=1S/C20H23ClN6O4S/c1-10-8-13(25-31-10)22-14(28)9-32-18-15-17(26(2)20(30)27(3)19(15)29)23-16(24-18)11-4-6-12(21)7-5-11/h4-8,15-18,23-24H,9H2,1-3H3,(H,22,25,28). The maximum Gasteiger partial charge on any atom is 0.327 e. The molecule has 0 saturated carbocycles. The lowest BCUT2D eigenvalue weighted by Crippen LogP contribution is -2.72. The molecule has 1 aromatic carbocycles. The Hall–Kier alpha value is -2.60. The number of urea groups is 1. The molecule has 0 bridgehead atoms. The van der Waals surface area contributed by atoms with Gasteiger partial charge in [-0.3, -0.25) is 25.1 Å². The van der Waals surface area contributed by atoms with Crippen LogP contribution in [0.4, 0.5) is 10.6 Å². The molecule has 3 N–H and O–H groups in total. The zero-order valence-corrected chi connectivity index (χ0v) is 19.2. The lowest BCUT2D eigenvalue weighted by molar-refractivity contribution is -0.140. The minimum Gasteiger partial charge on any atom is -0.360 e. The van der Waals surface area contributed by atoms with Gasteiger partial charge in [0.1, 0.15) is 5.76 Å². The van der Waals surface area contributed by atoms with Crippen LogP contribution in [-0.4, -0.2) is 64.2 Å². The summed E-state index contributed by atoms with van der Waals surface area (Å²) in [6, 6.07) is 8.52. The number of carbonyl (C=O) groups is 3. The van der Waals surface area contributed by atoms with Gasteiger partial charge in [0, 0.05) is 25.2 Å². The van der Waals surface area contributed by atoms with Crippen LogP contribution in [0.15, 0.2) is 34.9 Å². The molecule has 32 heavy (non-hydrogen) atoms.